The first kappa shape index (κ1) is 26.5. The number of aliphatic hydroxyl groups is 1. The van der Waals surface area contributed by atoms with Crippen LogP contribution in [-0.2, 0) is 10.3 Å². The number of aryl methyl sites for hydroxylation is 1. The second-order valence-electron chi connectivity index (χ2n) is 7.50. The van der Waals surface area contributed by atoms with Crippen LogP contribution in [0.3, 0.4) is 0 Å². The van der Waals surface area contributed by atoms with Gasteiger partial charge in [-0.1, -0.05) is 36.2 Å². The highest BCUT2D eigenvalue weighted by Gasteiger charge is 2.59. The van der Waals surface area contributed by atoms with Gasteiger partial charge in [-0.2, -0.15) is 13.2 Å². The van der Waals surface area contributed by atoms with Crippen LogP contribution in [0.15, 0.2) is 41.6 Å². The predicted molar refractivity (Wildman–Crippen MR) is 120 cm³/mol. The Labute approximate surface area is 206 Å². The fourth-order valence-corrected chi connectivity index (χ4v) is 3.88. The lowest BCUT2D eigenvalue weighted by Crippen LogP contribution is -2.47. The molecule has 2 unspecified atom stereocenters. The summed E-state index contributed by atoms with van der Waals surface area (Å²) in [6, 6.07) is 3.44. The number of pyridine rings is 1. The van der Waals surface area contributed by atoms with Crippen LogP contribution >= 0.6 is 23.2 Å². The van der Waals surface area contributed by atoms with Crippen LogP contribution < -0.4 is 10.3 Å². The van der Waals surface area contributed by atoms with Crippen LogP contribution in [-0.4, -0.2) is 39.3 Å². The lowest BCUT2D eigenvalue weighted by molar-refractivity contribution is -0.274. The molecule has 0 aliphatic heterocycles. The number of benzene rings is 1. The minimum absolute atomic E-state index is 0.00965. The molecule has 2 N–H and O–H groups in total. The van der Waals surface area contributed by atoms with Gasteiger partial charge in [0.2, 0.25) is 5.88 Å². The van der Waals surface area contributed by atoms with Crippen molar-refractivity contribution in [3.05, 3.63) is 79.6 Å². The van der Waals surface area contributed by atoms with Crippen molar-refractivity contribution in [1.82, 2.24) is 15.0 Å². The van der Waals surface area contributed by atoms with E-state index in [9.17, 15) is 27.9 Å². The molecule has 8 nitrogen and oxygen atoms in total. The van der Waals surface area contributed by atoms with E-state index in [1.54, 1.807) is 0 Å². The van der Waals surface area contributed by atoms with E-state index in [4.69, 9.17) is 27.9 Å². The Kier molecular flexibility index (Phi) is 7.44. The average Bonchev–Trinajstić information content (AvgIpc) is 2.82. The number of aromatic nitrogens is 3. The number of H-pyrrole nitrogens is 1. The van der Waals surface area contributed by atoms with Crippen LogP contribution in [0, 0.1) is 6.92 Å². The summed E-state index contributed by atoms with van der Waals surface area (Å²) >= 11 is 12.6. The number of aromatic amines is 1. The summed E-state index contributed by atoms with van der Waals surface area (Å²) in [6.07, 6.45) is -2.11. The lowest BCUT2D eigenvalue weighted by Gasteiger charge is -2.37. The first-order valence-electron chi connectivity index (χ1n) is 9.86. The highest BCUT2D eigenvalue weighted by molar-refractivity contribution is 6.43. The van der Waals surface area contributed by atoms with E-state index in [0.717, 1.165) is 31.6 Å². The van der Waals surface area contributed by atoms with Crippen molar-refractivity contribution < 1.29 is 32.5 Å². The fourth-order valence-electron chi connectivity index (χ4n) is 3.35. The molecule has 3 rings (SSSR count). The molecular formula is C22H18Cl2F3N3O5. The number of carbonyl (C=O) groups excluding carboxylic acids is 1. The number of ether oxygens (including phenoxy) is 2. The fraction of sp³-hybridized carbons (Fsp3) is 0.273. The minimum Gasteiger partial charge on any atom is -0.464 e. The molecule has 1 aromatic carbocycles. The van der Waals surface area contributed by atoms with Crippen molar-refractivity contribution in [3.8, 4) is 11.6 Å². The molecular weight excluding hydrogens is 514 g/mol. The number of alkyl halides is 3. The molecule has 3 aromatic rings. The van der Waals surface area contributed by atoms with Crippen molar-refractivity contribution in [2.24, 2.45) is 0 Å². The summed E-state index contributed by atoms with van der Waals surface area (Å²) < 4.78 is 52.6. The molecule has 2 aromatic heterocycles. The zero-order valence-electron chi connectivity index (χ0n) is 18.4. The Hall–Kier alpha value is -3.15. The van der Waals surface area contributed by atoms with E-state index < -0.39 is 34.8 Å². The molecule has 0 saturated heterocycles. The molecule has 2 atom stereocenters. The summed E-state index contributed by atoms with van der Waals surface area (Å²) in [4.78, 5) is 33.0. The van der Waals surface area contributed by atoms with E-state index in [2.05, 4.69) is 19.7 Å². The van der Waals surface area contributed by atoms with Crippen LogP contribution in [0.1, 0.15) is 40.0 Å². The number of carbonyl (C=O) groups is 1. The number of methoxy groups -OCH3 is 1. The first-order chi connectivity index (χ1) is 16.3. The number of esters is 1. The summed E-state index contributed by atoms with van der Waals surface area (Å²) in [7, 11) is 1.18. The van der Waals surface area contributed by atoms with Crippen molar-refractivity contribution in [3.63, 3.8) is 0 Å². The van der Waals surface area contributed by atoms with Gasteiger partial charge < -0.3 is 19.6 Å². The highest BCUT2D eigenvalue weighted by atomic mass is 35.5. The number of rotatable bonds is 6. The van der Waals surface area contributed by atoms with Gasteiger partial charge in [-0.05, 0) is 24.6 Å². The zero-order valence-corrected chi connectivity index (χ0v) is 19.9. The molecule has 0 amide bonds. The molecule has 0 radical (unpaired) electrons. The average molecular weight is 532 g/mol. The Morgan fingerprint density at radius 3 is 2.40 bits per heavy atom. The molecule has 2 heterocycles. The lowest BCUT2D eigenvalue weighted by atomic mass is 9.78. The molecule has 0 aliphatic rings. The monoisotopic (exact) mass is 531 g/mol. The van der Waals surface area contributed by atoms with E-state index in [1.807, 2.05) is 0 Å². The van der Waals surface area contributed by atoms with Crippen molar-refractivity contribution in [2.75, 3.05) is 7.11 Å². The Balaban J connectivity index is 1.99. The quantitative estimate of drug-likeness (QED) is 0.434. The van der Waals surface area contributed by atoms with E-state index in [0.29, 0.717) is 0 Å². The molecule has 0 bridgehead atoms. The van der Waals surface area contributed by atoms with Gasteiger partial charge in [0.1, 0.15) is 10.8 Å². The zero-order chi connectivity index (χ0) is 26.1. The third kappa shape index (κ3) is 4.97. The number of hydrogen-bond donors (Lipinski definition) is 2. The van der Waals surface area contributed by atoms with Crippen molar-refractivity contribution in [2.45, 2.75) is 31.5 Å². The number of nitrogens with zero attached hydrogens (tertiary/aromatic N) is 2. The Bertz CT molecular complexity index is 1320. The minimum atomic E-state index is -5.14. The van der Waals surface area contributed by atoms with Crippen LogP contribution in [0.4, 0.5) is 13.2 Å². The van der Waals surface area contributed by atoms with Crippen LogP contribution in [0.25, 0.3) is 0 Å². The topological polar surface area (TPSA) is 114 Å². The third-order valence-corrected chi connectivity index (χ3v) is 6.25. The van der Waals surface area contributed by atoms with Crippen LogP contribution in [0.2, 0.25) is 10.0 Å². The van der Waals surface area contributed by atoms with Gasteiger partial charge in [-0.25, -0.2) is 14.8 Å². The van der Waals surface area contributed by atoms with Gasteiger partial charge in [-0.3, -0.25) is 4.79 Å². The normalized spacial score (nSPS) is 14.2. The number of nitrogens with one attached hydrogen (secondary N) is 1. The van der Waals surface area contributed by atoms with Crippen molar-refractivity contribution >= 4 is 29.2 Å². The molecule has 0 saturated carbocycles. The smallest absolute Gasteiger partial charge is 0.422 e. The van der Waals surface area contributed by atoms with E-state index in [-0.39, 0.29) is 38.5 Å². The van der Waals surface area contributed by atoms with Gasteiger partial charge in [-0.15, -0.1) is 0 Å². The Morgan fingerprint density at radius 2 is 1.86 bits per heavy atom. The maximum atomic E-state index is 14.2. The van der Waals surface area contributed by atoms with Gasteiger partial charge in [0.25, 0.3) is 5.56 Å². The number of hydrogen-bond acceptors (Lipinski definition) is 7. The maximum Gasteiger partial charge on any atom is 0.422 e. The molecule has 0 fully saturated rings. The second-order valence-corrected chi connectivity index (χ2v) is 8.26. The highest BCUT2D eigenvalue weighted by Crippen LogP contribution is 2.51. The second kappa shape index (κ2) is 9.84. The van der Waals surface area contributed by atoms with Gasteiger partial charge in [0.15, 0.2) is 11.3 Å². The Morgan fingerprint density at radius 1 is 1.17 bits per heavy atom. The summed E-state index contributed by atoms with van der Waals surface area (Å²) in [6.45, 7) is 2.45. The molecule has 13 heteroatoms. The van der Waals surface area contributed by atoms with Gasteiger partial charge in [0, 0.05) is 23.2 Å². The van der Waals surface area contributed by atoms with E-state index >= 15 is 0 Å². The third-order valence-electron chi connectivity index (χ3n) is 5.37. The summed E-state index contributed by atoms with van der Waals surface area (Å²) in [5.74, 6) is -2.49. The largest absolute Gasteiger partial charge is 0.464 e. The summed E-state index contributed by atoms with van der Waals surface area (Å²) in [5.41, 5.74) is -4.77. The van der Waals surface area contributed by atoms with Gasteiger partial charge in [0.05, 0.1) is 24.5 Å². The summed E-state index contributed by atoms with van der Waals surface area (Å²) in [5, 5.41) is 10.4. The standard InChI is InChI=1S/C22H18Cl2F3N3O5/c1-10-6-12(7-30-19(10)31)21(33,22(25,26)27)11(2)13-4-5-15(18(24)17(13)23)35-16-9-28-14(8-29-16)20(32)34-3/h4-9,11,33H,1-3H3,(H,30,31). The molecule has 0 aliphatic carbocycles. The first-order valence-corrected chi connectivity index (χ1v) is 10.6. The maximum absolute atomic E-state index is 14.2. The van der Waals surface area contributed by atoms with E-state index in [1.165, 1.54) is 26.2 Å². The molecule has 35 heavy (non-hydrogen) atoms. The van der Waals surface area contributed by atoms with Crippen molar-refractivity contribution in [1.29, 1.82) is 0 Å². The number of halogens is 5. The predicted octanol–water partition coefficient (Wildman–Crippen LogP) is 4.91. The van der Waals surface area contributed by atoms with Crippen LogP contribution in [0.5, 0.6) is 11.6 Å². The molecule has 186 valence electrons. The molecule has 0 spiro atoms. The van der Waals surface area contributed by atoms with Gasteiger partial charge >= 0.3 is 12.1 Å². The SMILES string of the molecule is COC(=O)c1cnc(Oc2ccc(C(C)C(O)(c3c[nH]c(=O)c(C)c3)C(F)(F)F)c(Cl)c2Cl)cn1.